The number of para-hydroxylation sites is 4. The van der Waals surface area contributed by atoms with Crippen LogP contribution in [0.2, 0.25) is 0 Å². The van der Waals surface area contributed by atoms with Crippen LogP contribution in [0.1, 0.15) is 20.1 Å². The Labute approximate surface area is 244 Å². The number of imidazole rings is 1. The molecule has 0 N–H and O–H groups in total. The molecule has 8 heteroatoms. The van der Waals surface area contributed by atoms with Crippen LogP contribution in [-0.4, -0.2) is 60.2 Å². The van der Waals surface area contributed by atoms with Crippen LogP contribution < -0.4 is 14.5 Å². The first-order valence-electron chi connectivity index (χ1n) is 14.1. The minimum atomic E-state index is 0.152. The van der Waals surface area contributed by atoms with Crippen LogP contribution in [0.4, 0.5) is 11.4 Å². The number of anilines is 2. The molecular formula is C33H33N5O2S. The van der Waals surface area contributed by atoms with E-state index in [1.54, 1.807) is 18.4 Å². The van der Waals surface area contributed by atoms with Crippen LogP contribution in [-0.2, 0) is 20.0 Å². The Morgan fingerprint density at radius 3 is 2.51 bits per heavy atom. The normalized spacial score (nSPS) is 15.3. The van der Waals surface area contributed by atoms with Crippen molar-refractivity contribution < 1.29 is 9.53 Å². The number of ether oxygens (including phenoxy) is 1. The molecule has 0 radical (unpaired) electrons. The number of thiophene rings is 1. The summed E-state index contributed by atoms with van der Waals surface area (Å²) in [5.41, 5.74) is 6.80. The third-order valence-electron chi connectivity index (χ3n) is 8.33. The topological polar surface area (TPSA) is 53.8 Å². The number of aryl methyl sites for hydroxylation is 1. The van der Waals surface area contributed by atoms with Crippen LogP contribution in [0.3, 0.4) is 0 Å². The number of aromatic nitrogens is 2. The van der Waals surface area contributed by atoms with Gasteiger partial charge in [-0.3, -0.25) is 4.79 Å². The van der Waals surface area contributed by atoms with Gasteiger partial charge < -0.3 is 24.0 Å². The van der Waals surface area contributed by atoms with Gasteiger partial charge in [0.05, 0.1) is 28.7 Å². The predicted molar refractivity (Wildman–Crippen MR) is 166 cm³/mol. The van der Waals surface area contributed by atoms with Crippen LogP contribution >= 0.6 is 11.3 Å². The molecule has 7 nitrogen and oxygen atoms in total. The summed E-state index contributed by atoms with van der Waals surface area (Å²) in [6.45, 7) is 4.76. The maximum Gasteiger partial charge on any atom is 0.264 e. The third kappa shape index (κ3) is 4.72. The van der Waals surface area contributed by atoms with Gasteiger partial charge in [0.15, 0.2) is 0 Å². The second-order valence-electron chi connectivity index (χ2n) is 10.7. The number of methoxy groups -OCH3 is 1. The number of rotatable bonds is 5. The quantitative estimate of drug-likeness (QED) is 0.269. The van der Waals surface area contributed by atoms with E-state index in [4.69, 9.17) is 9.72 Å². The summed E-state index contributed by atoms with van der Waals surface area (Å²) in [6, 6.07) is 27.2. The van der Waals surface area contributed by atoms with Crippen molar-refractivity contribution >= 4 is 39.7 Å². The van der Waals surface area contributed by atoms with Gasteiger partial charge in [0.25, 0.3) is 5.91 Å². The Morgan fingerprint density at radius 1 is 0.878 bits per heavy atom. The van der Waals surface area contributed by atoms with E-state index in [9.17, 15) is 4.79 Å². The van der Waals surface area contributed by atoms with E-state index in [-0.39, 0.29) is 5.91 Å². The lowest BCUT2D eigenvalue weighted by atomic mass is 10.1. The molecule has 1 amide bonds. The third-order valence-corrected chi connectivity index (χ3v) is 9.55. The van der Waals surface area contributed by atoms with Gasteiger partial charge in [0.1, 0.15) is 11.6 Å². The van der Waals surface area contributed by atoms with Crippen LogP contribution in [0.15, 0.2) is 78.9 Å². The molecule has 2 aliphatic heterocycles. The van der Waals surface area contributed by atoms with Crippen LogP contribution in [0.5, 0.6) is 5.75 Å². The van der Waals surface area contributed by atoms with Gasteiger partial charge in [0, 0.05) is 62.4 Å². The van der Waals surface area contributed by atoms with E-state index in [2.05, 4.69) is 76.0 Å². The molecule has 3 aromatic carbocycles. The Bertz CT molecular complexity index is 1730. The largest absolute Gasteiger partial charge is 0.495 e. The maximum atomic E-state index is 13.5. The average molecular weight is 564 g/mol. The fourth-order valence-electron chi connectivity index (χ4n) is 6.10. The molecule has 208 valence electrons. The zero-order valence-electron chi connectivity index (χ0n) is 23.4. The number of benzene rings is 3. The van der Waals surface area contributed by atoms with Crippen molar-refractivity contribution in [2.24, 2.45) is 7.05 Å². The summed E-state index contributed by atoms with van der Waals surface area (Å²) in [5, 5.41) is 0. The lowest BCUT2D eigenvalue weighted by molar-refractivity contribution is 0.0751. The Morgan fingerprint density at radius 2 is 1.68 bits per heavy atom. The van der Waals surface area contributed by atoms with E-state index in [0.717, 1.165) is 71.3 Å². The van der Waals surface area contributed by atoms with Gasteiger partial charge in [-0.05, 0) is 54.4 Å². The molecule has 41 heavy (non-hydrogen) atoms. The lowest BCUT2D eigenvalue weighted by Gasteiger charge is -2.36. The molecule has 1 fully saturated rings. The summed E-state index contributed by atoms with van der Waals surface area (Å²) in [6.07, 6.45) is 0.950. The van der Waals surface area contributed by atoms with Gasteiger partial charge in [-0.25, -0.2) is 4.98 Å². The number of fused-ring (bicyclic) bond motifs is 2. The molecular weight excluding hydrogens is 530 g/mol. The zero-order valence-corrected chi connectivity index (χ0v) is 24.2. The number of piperazine rings is 1. The number of amides is 1. The Balaban J connectivity index is 1.05. The van der Waals surface area contributed by atoms with E-state index >= 15 is 0 Å². The summed E-state index contributed by atoms with van der Waals surface area (Å²) >= 11 is 1.68. The number of nitrogens with zero attached hydrogens (tertiary/aromatic N) is 5. The summed E-state index contributed by atoms with van der Waals surface area (Å²) < 4.78 is 7.71. The number of hydrogen-bond donors (Lipinski definition) is 0. The first-order chi connectivity index (χ1) is 20.1. The molecule has 7 rings (SSSR count). The molecule has 0 atom stereocenters. The fraction of sp³-hybridized carbons (Fsp3) is 0.273. The SMILES string of the molecule is COc1ccccc1N1CCN(C(=O)c2cc3c(s2)CCN(c2cccc(-c4nc5ccccc5n4C)c2)C3)CC1. The van der Waals surface area contributed by atoms with Crippen molar-refractivity contribution in [3.63, 3.8) is 0 Å². The van der Waals surface area contributed by atoms with Crippen LogP contribution in [0.25, 0.3) is 22.4 Å². The second-order valence-corrected chi connectivity index (χ2v) is 11.9. The van der Waals surface area contributed by atoms with E-state index in [0.29, 0.717) is 13.1 Å². The maximum absolute atomic E-state index is 13.5. The first kappa shape index (κ1) is 25.7. The minimum Gasteiger partial charge on any atom is -0.495 e. The Kier molecular flexibility index (Phi) is 6.63. The van der Waals surface area contributed by atoms with Gasteiger partial charge in [-0.1, -0.05) is 36.4 Å². The summed E-state index contributed by atoms with van der Waals surface area (Å²) in [7, 11) is 3.78. The molecule has 2 aliphatic rings. The van der Waals surface area contributed by atoms with Crippen molar-refractivity contribution in [1.29, 1.82) is 0 Å². The summed E-state index contributed by atoms with van der Waals surface area (Å²) in [5.74, 6) is 2.00. The predicted octanol–water partition coefficient (Wildman–Crippen LogP) is 5.84. The highest BCUT2D eigenvalue weighted by Crippen LogP contribution is 2.34. The average Bonchev–Trinajstić information content (AvgIpc) is 3.61. The van der Waals surface area contributed by atoms with Gasteiger partial charge >= 0.3 is 0 Å². The van der Waals surface area contributed by atoms with E-state index in [1.165, 1.54) is 16.1 Å². The molecule has 0 bridgehead atoms. The second kappa shape index (κ2) is 10.6. The highest BCUT2D eigenvalue weighted by atomic mass is 32.1. The molecule has 4 heterocycles. The molecule has 0 aliphatic carbocycles. The first-order valence-corrected chi connectivity index (χ1v) is 15.0. The van der Waals surface area contributed by atoms with Crippen LogP contribution in [0, 0.1) is 0 Å². The van der Waals surface area contributed by atoms with E-state index < -0.39 is 0 Å². The number of hydrogen-bond acceptors (Lipinski definition) is 6. The van der Waals surface area contributed by atoms with Gasteiger partial charge in [0.2, 0.25) is 0 Å². The monoisotopic (exact) mass is 563 g/mol. The molecule has 0 saturated carbocycles. The van der Waals surface area contributed by atoms with Crippen molar-refractivity contribution in [2.75, 3.05) is 49.6 Å². The molecule has 1 saturated heterocycles. The fourth-order valence-corrected chi connectivity index (χ4v) is 7.23. The zero-order chi connectivity index (χ0) is 27.9. The van der Waals surface area contributed by atoms with Crippen molar-refractivity contribution in [1.82, 2.24) is 14.5 Å². The minimum absolute atomic E-state index is 0.152. The highest BCUT2D eigenvalue weighted by molar-refractivity contribution is 7.14. The standard InChI is InChI=1S/C33H33N5O2S/c1-35-27-11-4-3-10-26(27)34-32(35)23-8-7-9-25(20-23)38-15-14-30-24(22-38)21-31(41-30)33(39)37-18-16-36(17-19-37)28-12-5-6-13-29(28)40-2/h3-13,20-21H,14-19,22H2,1-2H3. The summed E-state index contributed by atoms with van der Waals surface area (Å²) in [4.78, 5) is 27.3. The molecule has 5 aromatic rings. The number of carbonyl (C=O) groups excluding carboxylic acids is 1. The van der Waals surface area contributed by atoms with Crippen molar-refractivity contribution in [2.45, 2.75) is 13.0 Å². The van der Waals surface area contributed by atoms with Gasteiger partial charge in [-0.15, -0.1) is 11.3 Å². The highest BCUT2D eigenvalue weighted by Gasteiger charge is 2.27. The molecule has 0 unspecified atom stereocenters. The Hall–Kier alpha value is -4.30. The van der Waals surface area contributed by atoms with Gasteiger partial charge in [-0.2, -0.15) is 0 Å². The van der Waals surface area contributed by atoms with Crippen molar-refractivity contribution in [3.8, 4) is 17.1 Å². The lowest BCUT2D eigenvalue weighted by Crippen LogP contribution is -2.48. The number of carbonyl (C=O) groups is 1. The molecule has 0 spiro atoms. The van der Waals surface area contributed by atoms with Crippen molar-refractivity contribution in [3.05, 3.63) is 94.2 Å². The molecule has 2 aromatic heterocycles. The smallest absolute Gasteiger partial charge is 0.264 e. The van der Waals surface area contributed by atoms with E-state index in [1.807, 2.05) is 29.2 Å².